The number of aromatic amines is 1. The Hall–Kier alpha value is -4.43. The Labute approximate surface area is 201 Å². The number of nitriles is 1. The van der Waals surface area contributed by atoms with E-state index in [1.54, 1.807) is 12.1 Å². The maximum absolute atomic E-state index is 12.0. The second-order valence-electron chi connectivity index (χ2n) is 8.27. The van der Waals surface area contributed by atoms with E-state index in [2.05, 4.69) is 31.7 Å². The van der Waals surface area contributed by atoms with E-state index in [0.29, 0.717) is 34.7 Å². The van der Waals surface area contributed by atoms with Crippen LogP contribution in [0, 0.1) is 11.3 Å². The topological polar surface area (TPSA) is 144 Å². The van der Waals surface area contributed by atoms with Crippen LogP contribution in [0.5, 0.6) is 0 Å². The van der Waals surface area contributed by atoms with Gasteiger partial charge in [-0.05, 0) is 35.4 Å². The summed E-state index contributed by atoms with van der Waals surface area (Å²) in [5.74, 6) is 0.277. The standard InChI is InChI=1S/C24H21N7O3S/c1-31(35(2,33)34)24-15(4-3-7-26-24)12-27-22-17(11-25)13-28-23-18(22)10-20(30-23)14-5-6-19-16(8-14)9-21(32)29-19/h3-8,10,13H,9,12H2,1-2H3,(H,29,32)(H2,27,28,30). The van der Waals surface area contributed by atoms with Crippen LogP contribution in [0.25, 0.3) is 22.3 Å². The molecule has 11 heteroatoms. The van der Waals surface area contributed by atoms with Gasteiger partial charge >= 0.3 is 0 Å². The number of H-pyrrole nitrogens is 1. The zero-order valence-corrected chi connectivity index (χ0v) is 19.8. The van der Waals surface area contributed by atoms with Gasteiger partial charge in [0.2, 0.25) is 15.9 Å². The van der Waals surface area contributed by atoms with Crippen molar-refractivity contribution in [1.82, 2.24) is 15.0 Å². The highest BCUT2D eigenvalue weighted by atomic mass is 32.2. The molecule has 1 aromatic carbocycles. The third-order valence-corrected chi connectivity index (χ3v) is 7.11. The number of hydrogen-bond acceptors (Lipinski definition) is 7. The lowest BCUT2D eigenvalue weighted by atomic mass is 10.1. The van der Waals surface area contributed by atoms with Crippen LogP contribution in [0.3, 0.4) is 0 Å². The molecule has 0 atom stereocenters. The molecule has 1 aliphatic rings. The van der Waals surface area contributed by atoms with Gasteiger partial charge in [0.25, 0.3) is 0 Å². The van der Waals surface area contributed by atoms with Crippen LogP contribution < -0.4 is 14.9 Å². The molecule has 35 heavy (non-hydrogen) atoms. The Morgan fingerprint density at radius 3 is 2.83 bits per heavy atom. The number of anilines is 3. The lowest BCUT2D eigenvalue weighted by Crippen LogP contribution is -2.27. The van der Waals surface area contributed by atoms with Crippen molar-refractivity contribution in [3.05, 3.63) is 65.5 Å². The zero-order valence-electron chi connectivity index (χ0n) is 19.0. The van der Waals surface area contributed by atoms with Crippen LogP contribution in [0.2, 0.25) is 0 Å². The molecular weight excluding hydrogens is 466 g/mol. The third kappa shape index (κ3) is 4.15. The van der Waals surface area contributed by atoms with Gasteiger partial charge in [0.05, 0.1) is 23.9 Å². The van der Waals surface area contributed by atoms with Crippen LogP contribution >= 0.6 is 0 Å². The van der Waals surface area contributed by atoms with E-state index in [4.69, 9.17) is 0 Å². The molecule has 5 rings (SSSR count). The smallest absolute Gasteiger partial charge is 0.233 e. The van der Waals surface area contributed by atoms with Gasteiger partial charge in [-0.15, -0.1) is 0 Å². The highest BCUT2D eigenvalue weighted by molar-refractivity contribution is 7.92. The number of amides is 1. The summed E-state index contributed by atoms with van der Waals surface area (Å²) in [6.07, 6.45) is 4.47. The number of nitrogens with one attached hydrogen (secondary N) is 3. The molecule has 0 saturated heterocycles. The summed E-state index contributed by atoms with van der Waals surface area (Å²) in [7, 11) is -2.04. The van der Waals surface area contributed by atoms with E-state index in [1.807, 2.05) is 24.3 Å². The third-order valence-electron chi connectivity index (χ3n) is 5.94. The minimum absolute atomic E-state index is 0.0306. The van der Waals surface area contributed by atoms with Crippen molar-refractivity contribution < 1.29 is 13.2 Å². The second-order valence-corrected chi connectivity index (χ2v) is 10.3. The lowest BCUT2D eigenvalue weighted by molar-refractivity contribution is -0.115. The van der Waals surface area contributed by atoms with Crippen molar-refractivity contribution in [2.45, 2.75) is 13.0 Å². The Kier molecular flexibility index (Phi) is 5.37. The molecule has 0 spiro atoms. The van der Waals surface area contributed by atoms with Crippen molar-refractivity contribution in [3.8, 4) is 17.3 Å². The van der Waals surface area contributed by atoms with Crippen LogP contribution in [-0.2, 0) is 27.8 Å². The summed E-state index contributed by atoms with van der Waals surface area (Å²) < 4.78 is 25.2. The fraction of sp³-hybridized carbons (Fsp3) is 0.167. The molecule has 4 aromatic rings. The fourth-order valence-corrected chi connectivity index (χ4v) is 4.57. The number of aromatic nitrogens is 3. The molecular formula is C24H21N7O3S. The van der Waals surface area contributed by atoms with Crippen molar-refractivity contribution >= 4 is 44.2 Å². The fourth-order valence-electron chi connectivity index (χ4n) is 4.09. The average molecular weight is 488 g/mol. The number of fused-ring (bicyclic) bond motifs is 2. The van der Waals surface area contributed by atoms with E-state index in [1.165, 1.54) is 19.4 Å². The summed E-state index contributed by atoms with van der Waals surface area (Å²) >= 11 is 0. The number of rotatable bonds is 6. The lowest BCUT2D eigenvalue weighted by Gasteiger charge is -2.19. The average Bonchev–Trinajstić information content (AvgIpc) is 3.43. The largest absolute Gasteiger partial charge is 0.379 e. The second kappa shape index (κ2) is 8.41. The monoisotopic (exact) mass is 487 g/mol. The molecule has 4 heterocycles. The summed E-state index contributed by atoms with van der Waals surface area (Å²) in [5.41, 5.74) is 5.61. The molecule has 0 bridgehead atoms. The molecule has 176 valence electrons. The number of carbonyl (C=O) groups is 1. The van der Waals surface area contributed by atoms with Crippen LogP contribution in [-0.4, -0.2) is 42.6 Å². The first-order valence-electron chi connectivity index (χ1n) is 10.7. The molecule has 1 amide bonds. The first-order valence-corrected chi connectivity index (χ1v) is 12.6. The zero-order chi connectivity index (χ0) is 24.7. The Balaban J connectivity index is 1.51. The summed E-state index contributed by atoms with van der Waals surface area (Å²) in [4.78, 5) is 23.6. The SMILES string of the molecule is CN(c1ncccc1CNc1c(C#N)cnc2[nH]c(-c3ccc4c(c3)CC(=O)N4)cc12)S(C)(=O)=O. The molecule has 0 fully saturated rings. The van der Waals surface area contributed by atoms with Crippen molar-refractivity contribution in [2.24, 2.45) is 0 Å². The van der Waals surface area contributed by atoms with Crippen molar-refractivity contribution in [1.29, 1.82) is 5.26 Å². The quantitative estimate of drug-likeness (QED) is 0.379. The van der Waals surface area contributed by atoms with Gasteiger partial charge in [0.1, 0.15) is 17.5 Å². The van der Waals surface area contributed by atoms with Gasteiger partial charge in [-0.1, -0.05) is 12.1 Å². The Morgan fingerprint density at radius 2 is 2.06 bits per heavy atom. The predicted octanol–water partition coefficient (Wildman–Crippen LogP) is 3.00. The maximum Gasteiger partial charge on any atom is 0.233 e. The molecule has 3 N–H and O–H groups in total. The number of nitrogens with zero attached hydrogens (tertiary/aromatic N) is 4. The van der Waals surface area contributed by atoms with Gasteiger partial charge in [-0.3, -0.25) is 9.10 Å². The molecule has 10 nitrogen and oxygen atoms in total. The summed E-state index contributed by atoms with van der Waals surface area (Å²) in [5, 5.41) is 16.5. The Bertz CT molecular complexity index is 1640. The number of sulfonamides is 1. The molecule has 3 aromatic heterocycles. The molecule has 1 aliphatic heterocycles. The number of hydrogen-bond donors (Lipinski definition) is 3. The molecule has 0 aliphatic carbocycles. The first-order chi connectivity index (χ1) is 16.7. The van der Waals surface area contributed by atoms with E-state index >= 15 is 0 Å². The van der Waals surface area contributed by atoms with Gasteiger partial charge in [0, 0.05) is 48.3 Å². The van der Waals surface area contributed by atoms with Crippen LogP contribution in [0.1, 0.15) is 16.7 Å². The normalized spacial score (nSPS) is 12.8. The number of benzene rings is 1. The number of pyridine rings is 2. The minimum atomic E-state index is -3.49. The highest BCUT2D eigenvalue weighted by Crippen LogP contribution is 2.34. The molecule has 0 radical (unpaired) electrons. The maximum atomic E-state index is 12.0. The minimum Gasteiger partial charge on any atom is -0.379 e. The van der Waals surface area contributed by atoms with Crippen molar-refractivity contribution in [3.63, 3.8) is 0 Å². The van der Waals surface area contributed by atoms with Gasteiger partial charge in [-0.2, -0.15) is 5.26 Å². The van der Waals surface area contributed by atoms with E-state index in [-0.39, 0.29) is 12.5 Å². The Morgan fingerprint density at radius 1 is 1.23 bits per heavy atom. The molecule has 0 unspecified atom stereocenters. The van der Waals surface area contributed by atoms with Gasteiger partial charge < -0.3 is 15.6 Å². The highest BCUT2D eigenvalue weighted by Gasteiger charge is 2.20. The summed E-state index contributed by atoms with van der Waals surface area (Å²) in [6, 6.07) is 13.3. The van der Waals surface area contributed by atoms with E-state index in [0.717, 1.165) is 38.5 Å². The van der Waals surface area contributed by atoms with Crippen LogP contribution in [0.15, 0.2) is 48.8 Å². The van der Waals surface area contributed by atoms with Gasteiger partial charge in [-0.25, -0.2) is 18.4 Å². The van der Waals surface area contributed by atoms with E-state index in [9.17, 15) is 18.5 Å². The van der Waals surface area contributed by atoms with Crippen molar-refractivity contribution in [2.75, 3.05) is 28.2 Å². The number of carbonyl (C=O) groups excluding carboxylic acids is 1. The van der Waals surface area contributed by atoms with Crippen LogP contribution in [0.4, 0.5) is 17.2 Å². The summed E-state index contributed by atoms with van der Waals surface area (Å²) in [6.45, 7) is 0.240. The van der Waals surface area contributed by atoms with E-state index < -0.39 is 10.0 Å². The first kappa shape index (κ1) is 22.4. The predicted molar refractivity (Wildman–Crippen MR) is 133 cm³/mol. The molecule has 0 saturated carbocycles. The van der Waals surface area contributed by atoms with Gasteiger partial charge in [0.15, 0.2) is 0 Å².